The van der Waals surface area contributed by atoms with Crippen LogP contribution in [-0.2, 0) is 5.41 Å². The summed E-state index contributed by atoms with van der Waals surface area (Å²) in [4.78, 5) is 12.3. The summed E-state index contributed by atoms with van der Waals surface area (Å²) < 4.78 is 13.2. The molecule has 0 radical (unpaired) electrons. The number of rotatable bonds is 2. The third-order valence-corrected chi connectivity index (χ3v) is 3.74. The van der Waals surface area contributed by atoms with Crippen LogP contribution in [0.3, 0.4) is 0 Å². The molecule has 0 bridgehead atoms. The van der Waals surface area contributed by atoms with Gasteiger partial charge in [0.15, 0.2) is 5.78 Å². The lowest BCUT2D eigenvalue weighted by Gasteiger charge is -2.26. The molecule has 1 aliphatic rings. The molecule has 0 aliphatic heterocycles. The molecule has 0 aromatic heterocycles. The zero-order valence-corrected chi connectivity index (χ0v) is 10.5. The zero-order chi connectivity index (χ0) is 12.6. The number of benzene rings is 1. The molecule has 2 heteroatoms. The molecule has 1 nitrogen and oxygen atoms in total. The Hall–Kier alpha value is -1.44. The molecule has 1 aromatic rings. The molecule has 0 saturated heterocycles. The maximum atomic E-state index is 13.2. The number of allylic oxidation sites excluding steroid dienone is 2. The monoisotopic (exact) mass is 232 g/mol. The van der Waals surface area contributed by atoms with Crippen LogP contribution in [0.2, 0.25) is 0 Å². The predicted molar refractivity (Wildman–Crippen MR) is 66.7 cm³/mol. The molecule has 1 unspecified atom stereocenters. The first-order chi connectivity index (χ1) is 7.98. The van der Waals surface area contributed by atoms with Crippen molar-refractivity contribution >= 4 is 5.78 Å². The molecule has 0 spiro atoms. The number of halogens is 1. The van der Waals surface area contributed by atoms with Crippen molar-refractivity contribution in [1.29, 1.82) is 0 Å². The van der Waals surface area contributed by atoms with Crippen LogP contribution in [0, 0.1) is 11.7 Å². The van der Waals surface area contributed by atoms with Gasteiger partial charge in [0.2, 0.25) is 0 Å². The summed E-state index contributed by atoms with van der Waals surface area (Å²) in [5, 5.41) is 0. The van der Waals surface area contributed by atoms with Gasteiger partial charge in [-0.05, 0) is 31.0 Å². The topological polar surface area (TPSA) is 17.1 Å². The van der Waals surface area contributed by atoms with Gasteiger partial charge in [-0.3, -0.25) is 4.79 Å². The molecular formula is C15H17FO. The summed E-state index contributed by atoms with van der Waals surface area (Å²) >= 11 is 0. The van der Waals surface area contributed by atoms with Crippen LogP contribution in [-0.4, -0.2) is 5.78 Å². The van der Waals surface area contributed by atoms with Gasteiger partial charge in [-0.15, -0.1) is 0 Å². The van der Waals surface area contributed by atoms with Gasteiger partial charge in [-0.1, -0.05) is 32.1 Å². The lowest BCUT2D eigenvalue weighted by molar-refractivity contribution is 0.0899. The van der Waals surface area contributed by atoms with E-state index in [0.717, 1.165) is 12.0 Å². The van der Waals surface area contributed by atoms with Gasteiger partial charge in [0.05, 0.1) is 0 Å². The molecule has 0 heterocycles. The molecule has 0 fully saturated rings. The number of ketones is 1. The van der Waals surface area contributed by atoms with E-state index >= 15 is 0 Å². The van der Waals surface area contributed by atoms with Crippen molar-refractivity contribution in [2.24, 2.45) is 5.92 Å². The van der Waals surface area contributed by atoms with Crippen molar-refractivity contribution in [1.82, 2.24) is 0 Å². The maximum Gasteiger partial charge on any atom is 0.167 e. The quantitative estimate of drug-likeness (QED) is 0.707. The van der Waals surface area contributed by atoms with E-state index in [-0.39, 0.29) is 22.9 Å². The van der Waals surface area contributed by atoms with Gasteiger partial charge in [0, 0.05) is 16.9 Å². The van der Waals surface area contributed by atoms with E-state index in [1.165, 1.54) is 12.1 Å². The molecule has 0 saturated carbocycles. The Morgan fingerprint density at radius 2 is 2.12 bits per heavy atom. The van der Waals surface area contributed by atoms with Crippen LogP contribution in [0.15, 0.2) is 30.4 Å². The number of carbonyl (C=O) groups is 1. The zero-order valence-electron chi connectivity index (χ0n) is 10.5. The van der Waals surface area contributed by atoms with E-state index in [1.54, 1.807) is 6.07 Å². The second kappa shape index (κ2) is 4.10. The number of hydrogen-bond acceptors (Lipinski definition) is 1. The fourth-order valence-corrected chi connectivity index (χ4v) is 2.66. The van der Waals surface area contributed by atoms with Crippen LogP contribution < -0.4 is 0 Å². The molecule has 0 N–H and O–H groups in total. The van der Waals surface area contributed by atoms with Gasteiger partial charge in [-0.25, -0.2) is 4.39 Å². The lowest BCUT2D eigenvalue weighted by atomic mass is 9.76. The second-order valence-corrected chi connectivity index (χ2v) is 5.13. The molecule has 0 amide bonds. The molecular weight excluding hydrogens is 215 g/mol. The van der Waals surface area contributed by atoms with Gasteiger partial charge in [0.25, 0.3) is 0 Å². The van der Waals surface area contributed by atoms with Crippen molar-refractivity contribution in [3.63, 3.8) is 0 Å². The highest BCUT2D eigenvalue weighted by molar-refractivity contribution is 6.04. The second-order valence-electron chi connectivity index (χ2n) is 5.13. The van der Waals surface area contributed by atoms with E-state index in [9.17, 15) is 9.18 Å². The van der Waals surface area contributed by atoms with Crippen LogP contribution in [0.4, 0.5) is 4.39 Å². The lowest BCUT2D eigenvalue weighted by Crippen LogP contribution is -2.26. The molecule has 1 atom stereocenters. The highest BCUT2D eigenvalue weighted by Gasteiger charge is 2.44. The summed E-state index contributed by atoms with van der Waals surface area (Å²) in [5.74, 6) is -0.335. The van der Waals surface area contributed by atoms with E-state index < -0.39 is 0 Å². The molecule has 1 aromatic carbocycles. The minimum absolute atomic E-state index is 0.0719. The van der Waals surface area contributed by atoms with Crippen LogP contribution >= 0.6 is 0 Å². The Labute approximate surface area is 101 Å². The van der Waals surface area contributed by atoms with Crippen molar-refractivity contribution in [2.75, 3.05) is 0 Å². The molecule has 2 rings (SSSR count). The Bertz CT molecular complexity index is 486. The Morgan fingerprint density at radius 1 is 1.41 bits per heavy atom. The number of carbonyl (C=O) groups excluding carboxylic acids is 1. The number of Topliss-reactive ketones (excluding diaryl/α,β-unsaturated/α-hetero) is 1. The van der Waals surface area contributed by atoms with E-state index in [2.05, 4.69) is 13.8 Å². The van der Waals surface area contributed by atoms with Crippen molar-refractivity contribution in [2.45, 2.75) is 32.6 Å². The first-order valence-corrected chi connectivity index (χ1v) is 5.94. The van der Waals surface area contributed by atoms with Crippen molar-refractivity contribution in [3.8, 4) is 0 Å². The molecule has 17 heavy (non-hydrogen) atoms. The van der Waals surface area contributed by atoms with Crippen LogP contribution in [0.1, 0.15) is 43.1 Å². The maximum absolute atomic E-state index is 13.2. The summed E-state index contributed by atoms with van der Waals surface area (Å²) in [7, 11) is 0. The van der Waals surface area contributed by atoms with Crippen molar-refractivity contribution in [3.05, 3.63) is 47.3 Å². The molecule has 1 aliphatic carbocycles. The van der Waals surface area contributed by atoms with Gasteiger partial charge >= 0.3 is 0 Å². The van der Waals surface area contributed by atoms with E-state index in [4.69, 9.17) is 0 Å². The normalized spacial score (nSPS) is 22.1. The van der Waals surface area contributed by atoms with Gasteiger partial charge in [0.1, 0.15) is 5.82 Å². The number of fused-ring (bicyclic) bond motifs is 1. The third-order valence-electron chi connectivity index (χ3n) is 3.74. The Morgan fingerprint density at radius 3 is 2.76 bits per heavy atom. The fourth-order valence-electron chi connectivity index (χ4n) is 2.66. The number of hydrogen-bond donors (Lipinski definition) is 0. The minimum Gasteiger partial charge on any atom is -0.294 e. The largest absolute Gasteiger partial charge is 0.294 e. The average Bonchev–Trinajstić information content (AvgIpc) is 2.45. The first-order valence-electron chi connectivity index (χ1n) is 5.94. The predicted octanol–water partition coefficient (Wildman–Crippen LogP) is 3.88. The van der Waals surface area contributed by atoms with Crippen LogP contribution in [0.5, 0.6) is 0 Å². The standard InChI is InChI=1S/C15H17FO/c1-4-5-6-13-14(17)11-9-10(16)7-8-12(11)15(13,2)3/h4-5,7-9,13H,6H2,1-3H3/b5-4+. The SMILES string of the molecule is C/C=C/CC1C(=O)c2cc(F)ccc2C1(C)C. The third kappa shape index (κ3) is 1.82. The smallest absolute Gasteiger partial charge is 0.167 e. The highest BCUT2D eigenvalue weighted by atomic mass is 19.1. The summed E-state index contributed by atoms with van der Waals surface area (Å²) in [6.45, 7) is 6.06. The van der Waals surface area contributed by atoms with Crippen molar-refractivity contribution < 1.29 is 9.18 Å². The van der Waals surface area contributed by atoms with Gasteiger partial charge < -0.3 is 0 Å². The Kier molecular flexibility index (Phi) is 2.90. The average molecular weight is 232 g/mol. The summed E-state index contributed by atoms with van der Waals surface area (Å²) in [5.41, 5.74) is 1.32. The summed E-state index contributed by atoms with van der Waals surface area (Å²) in [6, 6.07) is 4.55. The first kappa shape index (κ1) is 12.0. The minimum atomic E-state index is -0.334. The molecule has 90 valence electrons. The van der Waals surface area contributed by atoms with Crippen LogP contribution in [0.25, 0.3) is 0 Å². The Balaban J connectivity index is 2.48. The van der Waals surface area contributed by atoms with E-state index in [0.29, 0.717) is 5.56 Å². The highest BCUT2D eigenvalue weighted by Crippen LogP contribution is 2.44. The summed E-state index contributed by atoms with van der Waals surface area (Å²) in [6.07, 6.45) is 4.68. The fraction of sp³-hybridized carbons (Fsp3) is 0.400. The van der Waals surface area contributed by atoms with Gasteiger partial charge in [-0.2, -0.15) is 0 Å². The van der Waals surface area contributed by atoms with E-state index in [1.807, 2.05) is 19.1 Å².